The van der Waals surface area contributed by atoms with Crippen molar-refractivity contribution in [2.24, 2.45) is 0 Å². The van der Waals surface area contributed by atoms with Gasteiger partial charge in [-0.1, -0.05) is 29.8 Å². The Balaban J connectivity index is 1.70. The second-order valence-electron chi connectivity index (χ2n) is 6.30. The molecule has 26 heavy (non-hydrogen) atoms. The molecule has 0 saturated heterocycles. The monoisotopic (exact) mass is 345 g/mol. The van der Waals surface area contributed by atoms with Crippen molar-refractivity contribution in [2.75, 3.05) is 4.90 Å². The van der Waals surface area contributed by atoms with Crippen molar-refractivity contribution in [1.29, 1.82) is 0 Å². The number of aryl methyl sites for hydroxylation is 1. The zero-order chi connectivity index (χ0) is 17.9. The van der Waals surface area contributed by atoms with Gasteiger partial charge in [0, 0.05) is 5.69 Å². The van der Waals surface area contributed by atoms with E-state index in [2.05, 4.69) is 46.1 Å². The number of hydrogen-bond acceptors (Lipinski definition) is 4. The lowest BCUT2D eigenvalue weighted by Gasteiger charge is -2.23. The molecule has 130 valence electrons. The number of benzene rings is 2. The van der Waals surface area contributed by atoms with Gasteiger partial charge in [-0.3, -0.25) is 4.79 Å². The third-order valence-corrected chi connectivity index (χ3v) is 4.33. The SMILES string of the molecule is Cc1ccc(N(Cc2nc3ccccc3c(=O)[nH]2)Cc2ccco2)cc1. The Morgan fingerprint density at radius 3 is 2.58 bits per heavy atom. The molecule has 4 aromatic rings. The highest BCUT2D eigenvalue weighted by Crippen LogP contribution is 2.20. The van der Waals surface area contributed by atoms with Crippen molar-refractivity contribution >= 4 is 16.6 Å². The average molecular weight is 345 g/mol. The molecule has 0 aliphatic rings. The van der Waals surface area contributed by atoms with Crippen LogP contribution in [0.3, 0.4) is 0 Å². The van der Waals surface area contributed by atoms with Gasteiger partial charge in [0.25, 0.3) is 5.56 Å². The molecule has 4 rings (SSSR count). The summed E-state index contributed by atoms with van der Waals surface area (Å²) in [6.45, 7) is 3.12. The fraction of sp³-hybridized carbons (Fsp3) is 0.143. The van der Waals surface area contributed by atoms with E-state index in [0.717, 1.165) is 11.4 Å². The van der Waals surface area contributed by atoms with Gasteiger partial charge in [0.15, 0.2) is 0 Å². The third-order valence-electron chi connectivity index (χ3n) is 4.33. The molecule has 0 amide bonds. The molecule has 0 saturated carbocycles. The zero-order valence-electron chi connectivity index (χ0n) is 14.5. The first-order chi connectivity index (χ1) is 12.7. The van der Waals surface area contributed by atoms with E-state index in [9.17, 15) is 4.79 Å². The van der Waals surface area contributed by atoms with Gasteiger partial charge >= 0.3 is 0 Å². The molecule has 0 aliphatic carbocycles. The average Bonchev–Trinajstić information content (AvgIpc) is 3.15. The molecule has 0 aliphatic heterocycles. The number of rotatable bonds is 5. The summed E-state index contributed by atoms with van der Waals surface area (Å²) in [5.74, 6) is 1.48. The lowest BCUT2D eigenvalue weighted by molar-refractivity contribution is 0.500. The van der Waals surface area contributed by atoms with Crippen LogP contribution >= 0.6 is 0 Å². The summed E-state index contributed by atoms with van der Waals surface area (Å²) < 4.78 is 5.51. The Kier molecular flexibility index (Phi) is 4.27. The Bertz CT molecular complexity index is 1070. The molecule has 2 aromatic heterocycles. The fourth-order valence-corrected chi connectivity index (χ4v) is 2.98. The molecule has 5 nitrogen and oxygen atoms in total. The summed E-state index contributed by atoms with van der Waals surface area (Å²) in [5, 5.41) is 0.601. The largest absolute Gasteiger partial charge is 0.467 e. The molecule has 0 atom stereocenters. The highest BCUT2D eigenvalue weighted by molar-refractivity contribution is 5.77. The summed E-state index contributed by atoms with van der Waals surface area (Å²) >= 11 is 0. The van der Waals surface area contributed by atoms with Crippen molar-refractivity contribution in [3.8, 4) is 0 Å². The zero-order valence-corrected chi connectivity index (χ0v) is 14.5. The molecule has 0 spiro atoms. The quantitative estimate of drug-likeness (QED) is 0.593. The number of furan rings is 1. The van der Waals surface area contributed by atoms with Crippen molar-refractivity contribution in [2.45, 2.75) is 20.0 Å². The first kappa shape index (κ1) is 16.1. The van der Waals surface area contributed by atoms with Crippen LogP contribution in [0.25, 0.3) is 10.9 Å². The van der Waals surface area contributed by atoms with Crippen LogP contribution in [0.2, 0.25) is 0 Å². The summed E-state index contributed by atoms with van der Waals surface area (Å²) in [6.07, 6.45) is 1.67. The number of H-pyrrole nitrogens is 1. The third kappa shape index (κ3) is 3.37. The minimum Gasteiger partial charge on any atom is -0.467 e. The van der Waals surface area contributed by atoms with Crippen LogP contribution < -0.4 is 10.5 Å². The highest BCUT2D eigenvalue weighted by Gasteiger charge is 2.13. The Labute approximate surface area is 150 Å². The number of nitrogens with zero attached hydrogens (tertiary/aromatic N) is 2. The smallest absolute Gasteiger partial charge is 0.258 e. The minimum atomic E-state index is -0.118. The van der Waals surface area contributed by atoms with E-state index in [-0.39, 0.29) is 5.56 Å². The van der Waals surface area contributed by atoms with Gasteiger partial charge in [-0.2, -0.15) is 0 Å². The van der Waals surface area contributed by atoms with E-state index in [4.69, 9.17) is 4.42 Å². The molecule has 5 heteroatoms. The van der Waals surface area contributed by atoms with Gasteiger partial charge in [-0.25, -0.2) is 4.98 Å². The van der Waals surface area contributed by atoms with E-state index in [1.54, 1.807) is 12.3 Å². The van der Waals surface area contributed by atoms with Crippen molar-refractivity contribution in [3.63, 3.8) is 0 Å². The van der Waals surface area contributed by atoms with Crippen LogP contribution in [0.15, 0.2) is 76.1 Å². The number of aromatic nitrogens is 2. The van der Waals surface area contributed by atoms with E-state index in [0.29, 0.717) is 29.8 Å². The number of para-hydroxylation sites is 1. The van der Waals surface area contributed by atoms with Crippen molar-refractivity contribution in [3.05, 3.63) is 94.4 Å². The van der Waals surface area contributed by atoms with Crippen LogP contribution in [0.4, 0.5) is 5.69 Å². The highest BCUT2D eigenvalue weighted by atomic mass is 16.3. The lowest BCUT2D eigenvalue weighted by Crippen LogP contribution is -2.25. The minimum absolute atomic E-state index is 0.118. The van der Waals surface area contributed by atoms with Gasteiger partial charge in [0.1, 0.15) is 11.6 Å². The molecular weight excluding hydrogens is 326 g/mol. The number of anilines is 1. The molecule has 0 fully saturated rings. The van der Waals surface area contributed by atoms with E-state index < -0.39 is 0 Å². The van der Waals surface area contributed by atoms with Gasteiger partial charge in [0.2, 0.25) is 0 Å². The maximum atomic E-state index is 12.3. The van der Waals surface area contributed by atoms with Gasteiger partial charge < -0.3 is 14.3 Å². The summed E-state index contributed by atoms with van der Waals surface area (Å²) in [5.41, 5.74) is 2.83. The molecule has 2 aromatic carbocycles. The number of fused-ring (bicyclic) bond motifs is 1. The molecule has 0 radical (unpaired) electrons. The van der Waals surface area contributed by atoms with Crippen LogP contribution in [0.1, 0.15) is 17.1 Å². The Morgan fingerprint density at radius 1 is 1.00 bits per heavy atom. The summed E-state index contributed by atoms with van der Waals surface area (Å²) in [4.78, 5) is 22.0. The maximum absolute atomic E-state index is 12.3. The fourth-order valence-electron chi connectivity index (χ4n) is 2.98. The molecule has 0 unspecified atom stereocenters. The second-order valence-corrected chi connectivity index (χ2v) is 6.30. The number of aromatic amines is 1. The van der Waals surface area contributed by atoms with Gasteiger partial charge in [-0.05, 0) is 43.3 Å². The van der Waals surface area contributed by atoms with E-state index in [1.165, 1.54) is 5.56 Å². The van der Waals surface area contributed by atoms with Crippen molar-refractivity contribution in [1.82, 2.24) is 9.97 Å². The van der Waals surface area contributed by atoms with Gasteiger partial charge in [-0.15, -0.1) is 0 Å². The Morgan fingerprint density at radius 2 is 1.81 bits per heavy atom. The predicted molar refractivity (Wildman–Crippen MR) is 102 cm³/mol. The Hall–Kier alpha value is -3.34. The molecule has 2 heterocycles. The lowest BCUT2D eigenvalue weighted by atomic mass is 10.2. The second kappa shape index (κ2) is 6.88. The summed E-state index contributed by atoms with van der Waals surface area (Å²) in [7, 11) is 0. The van der Waals surface area contributed by atoms with Gasteiger partial charge in [0.05, 0.1) is 30.3 Å². The number of hydrogen-bond donors (Lipinski definition) is 1. The maximum Gasteiger partial charge on any atom is 0.258 e. The standard InChI is InChI=1S/C21H19N3O2/c1-15-8-10-16(11-9-15)24(13-17-5-4-12-26-17)14-20-22-19-7-3-2-6-18(19)21(25)23-20/h2-12H,13-14H2,1H3,(H,22,23,25). The van der Waals surface area contributed by atoms with Crippen LogP contribution in [0.5, 0.6) is 0 Å². The van der Waals surface area contributed by atoms with E-state index >= 15 is 0 Å². The first-order valence-corrected chi connectivity index (χ1v) is 8.51. The normalized spacial score (nSPS) is 11.0. The predicted octanol–water partition coefficient (Wildman–Crippen LogP) is 4.03. The van der Waals surface area contributed by atoms with Crippen molar-refractivity contribution < 1.29 is 4.42 Å². The summed E-state index contributed by atoms with van der Waals surface area (Å²) in [6, 6.07) is 19.5. The molecule has 0 bridgehead atoms. The topological polar surface area (TPSA) is 62.1 Å². The molecule has 1 N–H and O–H groups in total. The van der Waals surface area contributed by atoms with E-state index in [1.807, 2.05) is 30.3 Å². The number of nitrogens with one attached hydrogen (secondary N) is 1. The van der Waals surface area contributed by atoms with Crippen LogP contribution in [-0.2, 0) is 13.1 Å². The molecular formula is C21H19N3O2. The van der Waals surface area contributed by atoms with Crippen LogP contribution in [-0.4, -0.2) is 9.97 Å². The van der Waals surface area contributed by atoms with Crippen LogP contribution in [0, 0.1) is 6.92 Å². The first-order valence-electron chi connectivity index (χ1n) is 8.51.